The van der Waals surface area contributed by atoms with E-state index in [1.54, 1.807) is 6.07 Å². The first-order valence-electron chi connectivity index (χ1n) is 3.68. The van der Waals surface area contributed by atoms with Crippen LogP contribution in [-0.2, 0) is 6.42 Å². The lowest BCUT2D eigenvalue weighted by Crippen LogP contribution is -1.95. The number of nitro groups is 1. The molecule has 0 unspecified atom stereocenters. The zero-order chi connectivity index (χ0) is 10.0. The van der Waals surface area contributed by atoms with Crippen molar-refractivity contribution < 1.29 is 9.31 Å². The van der Waals surface area contributed by atoms with Crippen LogP contribution in [0.3, 0.4) is 0 Å². The third-order valence-electron chi connectivity index (χ3n) is 1.67. The fourth-order valence-corrected chi connectivity index (χ4v) is 1.62. The third kappa shape index (κ3) is 2.03. The number of hydrogen-bond acceptors (Lipinski definition) is 2. The standard InChI is InChI=1S/C8H7BrFNO2/c1-2-5-3-6(9)8(11(12)13)7(10)4-5/h3-4H,2H2,1H3. The summed E-state index contributed by atoms with van der Waals surface area (Å²) in [6.07, 6.45) is 0.646. The summed E-state index contributed by atoms with van der Waals surface area (Å²) in [5, 5.41) is 10.4. The largest absolute Gasteiger partial charge is 0.318 e. The topological polar surface area (TPSA) is 43.1 Å². The van der Waals surface area contributed by atoms with Gasteiger partial charge in [0, 0.05) is 0 Å². The van der Waals surface area contributed by atoms with Gasteiger partial charge in [-0.3, -0.25) is 10.1 Å². The van der Waals surface area contributed by atoms with Crippen molar-refractivity contribution in [2.24, 2.45) is 0 Å². The summed E-state index contributed by atoms with van der Waals surface area (Å²) in [7, 11) is 0. The van der Waals surface area contributed by atoms with Gasteiger partial charge in [0.1, 0.15) is 0 Å². The van der Waals surface area contributed by atoms with E-state index in [0.29, 0.717) is 6.42 Å². The van der Waals surface area contributed by atoms with Crippen LogP contribution in [0.1, 0.15) is 12.5 Å². The van der Waals surface area contributed by atoms with Gasteiger partial charge in [-0.05, 0) is 40.0 Å². The Balaban J connectivity index is 3.31. The molecule has 0 fully saturated rings. The maximum atomic E-state index is 13.1. The van der Waals surface area contributed by atoms with Gasteiger partial charge in [-0.15, -0.1) is 0 Å². The molecule has 0 atom stereocenters. The summed E-state index contributed by atoms with van der Waals surface area (Å²) >= 11 is 2.96. The van der Waals surface area contributed by atoms with Crippen LogP contribution in [0.25, 0.3) is 0 Å². The van der Waals surface area contributed by atoms with E-state index in [1.807, 2.05) is 6.92 Å². The molecule has 0 aromatic heterocycles. The Bertz CT molecular complexity index is 331. The Kier molecular flexibility index (Phi) is 2.98. The molecule has 1 rings (SSSR count). The lowest BCUT2D eigenvalue weighted by molar-refractivity contribution is -0.388. The minimum absolute atomic E-state index is 0.189. The Hall–Kier alpha value is -0.970. The predicted molar refractivity (Wildman–Crippen MR) is 50.1 cm³/mol. The molecule has 0 saturated carbocycles. The van der Waals surface area contributed by atoms with Crippen molar-refractivity contribution in [2.75, 3.05) is 0 Å². The van der Waals surface area contributed by atoms with Crippen LogP contribution in [0.15, 0.2) is 16.6 Å². The summed E-state index contributed by atoms with van der Waals surface area (Å²) in [5.74, 6) is -0.795. The molecule has 0 bridgehead atoms. The number of aryl methyl sites for hydroxylation is 1. The summed E-state index contributed by atoms with van der Waals surface area (Å²) in [5.41, 5.74) is 0.229. The van der Waals surface area contributed by atoms with Gasteiger partial charge in [0.2, 0.25) is 5.82 Å². The molecule has 0 aliphatic heterocycles. The van der Waals surface area contributed by atoms with Crippen molar-refractivity contribution in [3.8, 4) is 0 Å². The van der Waals surface area contributed by atoms with Crippen LogP contribution >= 0.6 is 15.9 Å². The van der Waals surface area contributed by atoms with Gasteiger partial charge in [-0.25, -0.2) is 0 Å². The summed E-state index contributed by atoms with van der Waals surface area (Å²) in [6, 6.07) is 2.74. The highest BCUT2D eigenvalue weighted by Crippen LogP contribution is 2.29. The summed E-state index contributed by atoms with van der Waals surface area (Å²) in [6.45, 7) is 1.85. The second-order valence-corrected chi connectivity index (χ2v) is 3.37. The summed E-state index contributed by atoms with van der Waals surface area (Å²) < 4.78 is 13.3. The molecule has 0 heterocycles. The smallest absolute Gasteiger partial charge is 0.258 e. The molecule has 0 aliphatic carbocycles. The molecule has 3 nitrogen and oxygen atoms in total. The molecule has 5 heteroatoms. The first kappa shape index (κ1) is 10.1. The van der Waals surface area contributed by atoms with Crippen LogP contribution in [0, 0.1) is 15.9 Å². The molecule has 1 aromatic carbocycles. The first-order valence-corrected chi connectivity index (χ1v) is 4.48. The van der Waals surface area contributed by atoms with Gasteiger partial charge in [0.05, 0.1) is 9.40 Å². The zero-order valence-electron chi connectivity index (χ0n) is 6.88. The second-order valence-electron chi connectivity index (χ2n) is 2.52. The monoisotopic (exact) mass is 247 g/mol. The molecule has 1 aromatic rings. The Morgan fingerprint density at radius 2 is 2.23 bits per heavy atom. The highest BCUT2D eigenvalue weighted by molar-refractivity contribution is 9.10. The fraction of sp³-hybridized carbons (Fsp3) is 0.250. The number of benzene rings is 1. The third-order valence-corrected chi connectivity index (χ3v) is 2.27. The van der Waals surface area contributed by atoms with E-state index >= 15 is 0 Å². The van der Waals surface area contributed by atoms with Crippen LogP contribution in [-0.4, -0.2) is 4.92 Å². The lowest BCUT2D eigenvalue weighted by atomic mass is 10.1. The van der Waals surface area contributed by atoms with Gasteiger partial charge >= 0.3 is 5.69 Å². The number of nitrogens with zero attached hydrogens (tertiary/aromatic N) is 1. The molecule has 0 radical (unpaired) electrons. The van der Waals surface area contributed by atoms with E-state index in [-0.39, 0.29) is 4.47 Å². The predicted octanol–water partition coefficient (Wildman–Crippen LogP) is 3.06. The van der Waals surface area contributed by atoms with Crippen molar-refractivity contribution in [1.82, 2.24) is 0 Å². The van der Waals surface area contributed by atoms with Crippen molar-refractivity contribution in [1.29, 1.82) is 0 Å². The van der Waals surface area contributed by atoms with Crippen molar-refractivity contribution >= 4 is 21.6 Å². The van der Waals surface area contributed by atoms with E-state index in [2.05, 4.69) is 15.9 Å². The van der Waals surface area contributed by atoms with Gasteiger partial charge in [0.25, 0.3) is 0 Å². The normalized spacial score (nSPS) is 10.1. The number of hydrogen-bond donors (Lipinski definition) is 0. The van der Waals surface area contributed by atoms with E-state index in [9.17, 15) is 14.5 Å². The van der Waals surface area contributed by atoms with E-state index in [1.165, 1.54) is 6.07 Å². The highest BCUT2D eigenvalue weighted by atomic mass is 79.9. The molecule has 70 valence electrons. The van der Waals surface area contributed by atoms with Gasteiger partial charge < -0.3 is 0 Å². The van der Waals surface area contributed by atoms with Crippen LogP contribution in [0.5, 0.6) is 0 Å². The van der Waals surface area contributed by atoms with Gasteiger partial charge in [-0.1, -0.05) is 6.92 Å². The van der Waals surface area contributed by atoms with Crippen LogP contribution in [0.4, 0.5) is 10.1 Å². The molecule has 13 heavy (non-hydrogen) atoms. The SMILES string of the molecule is CCc1cc(F)c([N+](=O)[O-])c(Br)c1. The van der Waals surface area contributed by atoms with Gasteiger partial charge in [-0.2, -0.15) is 4.39 Å². The second kappa shape index (κ2) is 3.83. The van der Waals surface area contributed by atoms with Crippen molar-refractivity contribution in [2.45, 2.75) is 13.3 Å². The molecule has 0 N–H and O–H groups in total. The quantitative estimate of drug-likeness (QED) is 0.596. The van der Waals surface area contributed by atoms with Crippen molar-refractivity contribution in [3.05, 3.63) is 38.1 Å². The number of halogens is 2. The first-order chi connectivity index (χ1) is 6.06. The van der Waals surface area contributed by atoms with Crippen LogP contribution < -0.4 is 0 Å². The minimum Gasteiger partial charge on any atom is -0.258 e. The zero-order valence-corrected chi connectivity index (χ0v) is 8.47. The fourth-order valence-electron chi connectivity index (χ4n) is 0.997. The summed E-state index contributed by atoms with van der Waals surface area (Å²) in [4.78, 5) is 9.64. The minimum atomic E-state index is -0.795. The van der Waals surface area contributed by atoms with E-state index in [0.717, 1.165) is 5.56 Å². The molecule has 0 saturated heterocycles. The van der Waals surface area contributed by atoms with E-state index < -0.39 is 16.4 Å². The Morgan fingerprint density at radius 1 is 1.62 bits per heavy atom. The molecule has 0 amide bonds. The number of rotatable bonds is 2. The van der Waals surface area contributed by atoms with Gasteiger partial charge in [0.15, 0.2) is 0 Å². The average Bonchev–Trinajstić information content (AvgIpc) is 2.02. The lowest BCUT2D eigenvalue weighted by Gasteiger charge is -2.00. The van der Waals surface area contributed by atoms with Crippen LogP contribution in [0.2, 0.25) is 0 Å². The maximum Gasteiger partial charge on any atom is 0.318 e. The Morgan fingerprint density at radius 3 is 2.62 bits per heavy atom. The average molecular weight is 248 g/mol. The maximum absolute atomic E-state index is 13.1. The molecular formula is C8H7BrFNO2. The molecule has 0 spiro atoms. The molecule has 0 aliphatic rings. The Labute approximate surface area is 82.8 Å². The number of nitro benzene ring substituents is 1. The van der Waals surface area contributed by atoms with E-state index in [4.69, 9.17) is 0 Å². The van der Waals surface area contributed by atoms with Crippen molar-refractivity contribution in [3.63, 3.8) is 0 Å². The molecular weight excluding hydrogens is 241 g/mol. The highest BCUT2D eigenvalue weighted by Gasteiger charge is 2.19.